The summed E-state index contributed by atoms with van der Waals surface area (Å²) in [5, 5.41) is 10.4. The molecule has 4 heteroatoms. The van der Waals surface area contributed by atoms with Crippen LogP contribution in [0.15, 0.2) is 0 Å². The fourth-order valence-corrected chi connectivity index (χ4v) is 2.84. The van der Waals surface area contributed by atoms with Crippen molar-refractivity contribution in [2.45, 2.75) is 31.8 Å². The van der Waals surface area contributed by atoms with Crippen LogP contribution in [0.2, 0.25) is 0 Å². The van der Waals surface area contributed by atoms with Crippen LogP contribution < -0.4 is 4.90 Å². The number of aliphatic hydroxyl groups is 1. The Hall–Kier alpha value is -0.610. The van der Waals surface area contributed by atoms with E-state index in [1.54, 1.807) is 11.3 Å². The van der Waals surface area contributed by atoms with Crippen LogP contribution in [0.4, 0.5) is 5.13 Å². The predicted molar refractivity (Wildman–Crippen MR) is 56.8 cm³/mol. The van der Waals surface area contributed by atoms with Crippen LogP contribution in [0.3, 0.4) is 0 Å². The van der Waals surface area contributed by atoms with Gasteiger partial charge >= 0.3 is 0 Å². The quantitative estimate of drug-likeness (QED) is 0.825. The van der Waals surface area contributed by atoms with Gasteiger partial charge in [-0.25, -0.2) is 4.98 Å². The molecular formula is C10H14N2OS. The van der Waals surface area contributed by atoms with Gasteiger partial charge in [0.1, 0.15) is 0 Å². The van der Waals surface area contributed by atoms with E-state index in [2.05, 4.69) is 9.88 Å². The summed E-state index contributed by atoms with van der Waals surface area (Å²) >= 11 is 1.68. The molecule has 14 heavy (non-hydrogen) atoms. The molecule has 2 heterocycles. The number of rotatable bonds is 3. The van der Waals surface area contributed by atoms with Crippen molar-refractivity contribution >= 4 is 16.5 Å². The number of hydrogen-bond acceptors (Lipinski definition) is 4. The smallest absolute Gasteiger partial charge is 0.185 e. The highest BCUT2D eigenvalue weighted by molar-refractivity contribution is 7.15. The molecule has 1 saturated heterocycles. The maximum absolute atomic E-state index is 9.23. The summed E-state index contributed by atoms with van der Waals surface area (Å²) in [6, 6.07) is 0. The van der Waals surface area contributed by atoms with Crippen LogP contribution in [-0.2, 0) is 6.61 Å². The molecule has 1 aliphatic carbocycles. The highest BCUT2D eigenvalue weighted by atomic mass is 32.1. The maximum atomic E-state index is 9.23. The van der Waals surface area contributed by atoms with Crippen molar-refractivity contribution in [1.82, 2.24) is 4.98 Å². The molecule has 1 aromatic rings. The number of hydrogen-bond donors (Lipinski definition) is 1. The summed E-state index contributed by atoms with van der Waals surface area (Å²) in [5.41, 5.74) is 1.18. The van der Waals surface area contributed by atoms with Crippen LogP contribution in [0, 0.1) is 0 Å². The second-order valence-corrected chi connectivity index (χ2v) is 5.14. The summed E-state index contributed by atoms with van der Waals surface area (Å²) in [5.74, 6) is 0.656. The largest absolute Gasteiger partial charge is 0.391 e. The number of anilines is 1. The minimum atomic E-state index is 0.164. The van der Waals surface area contributed by atoms with Crippen LogP contribution in [0.25, 0.3) is 0 Å². The first-order valence-electron chi connectivity index (χ1n) is 5.24. The molecular weight excluding hydrogens is 196 g/mol. The number of nitrogens with zero attached hydrogens (tertiary/aromatic N) is 2. The Kier molecular flexibility index (Phi) is 1.99. The Morgan fingerprint density at radius 1 is 1.43 bits per heavy atom. The monoisotopic (exact) mass is 210 g/mol. The molecule has 0 aromatic carbocycles. The van der Waals surface area contributed by atoms with E-state index < -0.39 is 0 Å². The SMILES string of the molecule is OCc1sc(N2CCC2)nc1C1CC1. The normalized spacial score (nSPS) is 21.1. The lowest BCUT2D eigenvalue weighted by Crippen LogP contribution is -2.36. The average Bonchev–Trinajstić information content (AvgIpc) is 2.85. The Labute approximate surface area is 87.4 Å². The van der Waals surface area contributed by atoms with E-state index in [-0.39, 0.29) is 6.61 Å². The van der Waals surface area contributed by atoms with Gasteiger partial charge < -0.3 is 10.0 Å². The molecule has 1 N–H and O–H groups in total. The second-order valence-electron chi connectivity index (χ2n) is 4.08. The van der Waals surface area contributed by atoms with E-state index >= 15 is 0 Å². The zero-order chi connectivity index (χ0) is 9.54. The third-order valence-corrected chi connectivity index (χ3v) is 4.07. The van der Waals surface area contributed by atoms with Gasteiger partial charge in [0.25, 0.3) is 0 Å². The molecule has 2 fully saturated rings. The van der Waals surface area contributed by atoms with E-state index in [0.717, 1.165) is 23.1 Å². The first-order valence-corrected chi connectivity index (χ1v) is 6.05. The molecule has 0 amide bonds. The van der Waals surface area contributed by atoms with Crippen molar-refractivity contribution in [1.29, 1.82) is 0 Å². The van der Waals surface area contributed by atoms with Crippen LogP contribution in [0.1, 0.15) is 35.8 Å². The zero-order valence-electron chi connectivity index (χ0n) is 8.07. The molecule has 1 aliphatic heterocycles. The Morgan fingerprint density at radius 2 is 2.21 bits per heavy atom. The highest BCUT2D eigenvalue weighted by Gasteiger charge is 2.30. The lowest BCUT2D eigenvalue weighted by Gasteiger charge is -2.30. The van der Waals surface area contributed by atoms with Crippen molar-refractivity contribution in [3.8, 4) is 0 Å². The van der Waals surface area contributed by atoms with E-state index in [1.165, 1.54) is 25.0 Å². The van der Waals surface area contributed by atoms with E-state index in [0.29, 0.717) is 5.92 Å². The van der Waals surface area contributed by atoms with Gasteiger partial charge in [-0.2, -0.15) is 0 Å². The molecule has 76 valence electrons. The molecule has 0 radical (unpaired) electrons. The molecule has 0 unspecified atom stereocenters. The lowest BCUT2D eigenvalue weighted by atomic mass is 10.2. The van der Waals surface area contributed by atoms with Crippen LogP contribution in [0.5, 0.6) is 0 Å². The molecule has 1 saturated carbocycles. The zero-order valence-corrected chi connectivity index (χ0v) is 8.89. The first kappa shape index (κ1) is 8.68. The summed E-state index contributed by atoms with van der Waals surface area (Å²) in [6.07, 6.45) is 3.80. The molecule has 0 bridgehead atoms. The highest BCUT2D eigenvalue weighted by Crippen LogP contribution is 2.44. The molecule has 3 nitrogen and oxygen atoms in total. The Balaban J connectivity index is 1.89. The summed E-state index contributed by atoms with van der Waals surface area (Å²) in [4.78, 5) is 8.04. The van der Waals surface area contributed by atoms with Crippen molar-refractivity contribution in [2.75, 3.05) is 18.0 Å². The summed E-state index contributed by atoms with van der Waals surface area (Å²) < 4.78 is 0. The Bertz CT molecular complexity index is 342. The number of thiazole rings is 1. The third-order valence-electron chi connectivity index (χ3n) is 2.95. The minimum absolute atomic E-state index is 0.164. The van der Waals surface area contributed by atoms with Gasteiger partial charge in [-0.15, -0.1) is 0 Å². The predicted octanol–water partition coefficient (Wildman–Crippen LogP) is 1.72. The molecule has 2 aliphatic rings. The fourth-order valence-electron chi connectivity index (χ4n) is 1.78. The van der Waals surface area contributed by atoms with Gasteiger partial charge in [0.2, 0.25) is 0 Å². The summed E-state index contributed by atoms with van der Waals surface area (Å²) in [6.45, 7) is 2.45. The molecule has 1 aromatic heterocycles. The topological polar surface area (TPSA) is 36.4 Å². The van der Waals surface area contributed by atoms with Crippen molar-refractivity contribution in [2.24, 2.45) is 0 Å². The molecule has 3 rings (SSSR count). The maximum Gasteiger partial charge on any atom is 0.185 e. The van der Waals surface area contributed by atoms with Crippen molar-refractivity contribution in [3.05, 3.63) is 10.6 Å². The number of aliphatic hydroxyl groups excluding tert-OH is 1. The average molecular weight is 210 g/mol. The van der Waals surface area contributed by atoms with Crippen molar-refractivity contribution in [3.63, 3.8) is 0 Å². The molecule has 0 spiro atoms. The van der Waals surface area contributed by atoms with E-state index in [1.807, 2.05) is 0 Å². The second kappa shape index (κ2) is 3.21. The van der Waals surface area contributed by atoms with Crippen LogP contribution >= 0.6 is 11.3 Å². The van der Waals surface area contributed by atoms with Crippen molar-refractivity contribution < 1.29 is 5.11 Å². The van der Waals surface area contributed by atoms with Gasteiger partial charge in [-0.3, -0.25) is 0 Å². The Morgan fingerprint density at radius 3 is 2.71 bits per heavy atom. The standard InChI is InChI=1S/C10H14N2OS/c13-6-8-9(7-2-3-7)11-10(14-8)12-4-1-5-12/h7,13H,1-6H2. The minimum Gasteiger partial charge on any atom is -0.391 e. The molecule has 0 atom stereocenters. The van der Waals surface area contributed by atoms with Gasteiger partial charge in [0.15, 0.2) is 5.13 Å². The van der Waals surface area contributed by atoms with Gasteiger partial charge in [-0.05, 0) is 19.3 Å². The lowest BCUT2D eigenvalue weighted by molar-refractivity contribution is 0.284. The van der Waals surface area contributed by atoms with Gasteiger partial charge in [0.05, 0.1) is 17.2 Å². The number of aromatic nitrogens is 1. The van der Waals surface area contributed by atoms with E-state index in [9.17, 15) is 5.11 Å². The van der Waals surface area contributed by atoms with E-state index in [4.69, 9.17) is 0 Å². The van der Waals surface area contributed by atoms with Gasteiger partial charge in [-0.1, -0.05) is 11.3 Å². The summed E-state index contributed by atoms with van der Waals surface area (Å²) in [7, 11) is 0. The fraction of sp³-hybridized carbons (Fsp3) is 0.700. The van der Waals surface area contributed by atoms with Crippen LogP contribution in [-0.4, -0.2) is 23.2 Å². The first-order chi connectivity index (χ1) is 6.88. The third kappa shape index (κ3) is 1.33. The van der Waals surface area contributed by atoms with Gasteiger partial charge in [0, 0.05) is 19.0 Å².